The molecule has 3 aromatic rings. The average Bonchev–Trinajstić information content (AvgIpc) is 3.37. The SMILES string of the molecule is CCN(Cc1ccccc1)C(=O)COC(=O)c1ccc(Cn2cccn2)o1. The molecule has 2 heterocycles. The summed E-state index contributed by atoms with van der Waals surface area (Å²) in [5, 5.41) is 4.08. The highest BCUT2D eigenvalue weighted by molar-refractivity contribution is 5.88. The zero-order valence-electron chi connectivity index (χ0n) is 15.1. The second-order valence-corrected chi connectivity index (χ2v) is 5.94. The molecule has 0 N–H and O–H groups in total. The zero-order valence-corrected chi connectivity index (χ0v) is 15.1. The number of hydrogen-bond acceptors (Lipinski definition) is 5. The van der Waals surface area contributed by atoms with Gasteiger partial charge in [0.1, 0.15) is 5.76 Å². The van der Waals surface area contributed by atoms with Crippen molar-refractivity contribution in [1.82, 2.24) is 14.7 Å². The van der Waals surface area contributed by atoms with Crippen molar-refractivity contribution in [3.63, 3.8) is 0 Å². The van der Waals surface area contributed by atoms with Crippen molar-refractivity contribution in [2.45, 2.75) is 20.0 Å². The van der Waals surface area contributed by atoms with E-state index in [4.69, 9.17) is 9.15 Å². The fourth-order valence-electron chi connectivity index (χ4n) is 2.60. The number of likely N-dealkylation sites (N-methyl/N-ethyl adjacent to an activating group) is 1. The van der Waals surface area contributed by atoms with Gasteiger partial charge in [-0.15, -0.1) is 0 Å². The van der Waals surface area contributed by atoms with E-state index in [9.17, 15) is 9.59 Å². The fourth-order valence-corrected chi connectivity index (χ4v) is 2.60. The number of amides is 1. The number of furan rings is 1. The van der Waals surface area contributed by atoms with Crippen molar-refractivity contribution in [2.75, 3.05) is 13.2 Å². The van der Waals surface area contributed by atoms with Crippen molar-refractivity contribution in [2.24, 2.45) is 0 Å². The van der Waals surface area contributed by atoms with Crippen LogP contribution >= 0.6 is 0 Å². The van der Waals surface area contributed by atoms with Crippen LogP contribution in [0.1, 0.15) is 28.8 Å². The van der Waals surface area contributed by atoms with Gasteiger partial charge in [0.15, 0.2) is 6.61 Å². The third-order valence-corrected chi connectivity index (χ3v) is 4.02. The van der Waals surface area contributed by atoms with E-state index in [1.165, 1.54) is 6.07 Å². The van der Waals surface area contributed by atoms with Gasteiger partial charge in [-0.2, -0.15) is 5.10 Å². The summed E-state index contributed by atoms with van der Waals surface area (Å²) in [6, 6.07) is 14.7. The molecule has 0 fully saturated rings. The Bertz CT molecular complexity index is 872. The van der Waals surface area contributed by atoms with Crippen molar-refractivity contribution in [1.29, 1.82) is 0 Å². The minimum atomic E-state index is -0.661. The number of rotatable bonds is 8. The van der Waals surface area contributed by atoms with Gasteiger partial charge < -0.3 is 14.1 Å². The Morgan fingerprint density at radius 1 is 1.15 bits per heavy atom. The molecule has 0 atom stereocenters. The van der Waals surface area contributed by atoms with Gasteiger partial charge in [-0.25, -0.2) is 4.79 Å². The summed E-state index contributed by atoms with van der Waals surface area (Å²) in [4.78, 5) is 26.1. The number of ether oxygens (including phenoxy) is 1. The third kappa shape index (κ3) is 5.07. The number of carbonyl (C=O) groups excluding carboxylic acids is 2. The first-order chi connectivity index (χ1) is 13.2. The molecule has 3 rings (SSSR count). The molecule has 0 aliphatic rings. The minimum Gasteiger partial charge on any atom is -0.452 e. The van der Waals surface area contributed by atoms with Gasteiger partial charge in [0, 0.05) is 25.5 Å². The molecule has 2 aromatic heterocycles. The molecule has 0 saturated carbocycles. The highest BCUT2D eigenvalue weighted by atomic mass is 16.5. The number of esters is 1. The molecule has 0 aliphatic carbocycles. The summed E-state index contributed by atoms with van der Waals surface area (Å²) < 4.78 is 12.3. The largest absolute Gasteiger partial charge is 0.452 e. The van der Waals surface area contributed by atoms with E-state index in [1.54, 1.807) is 34.1 Å². The second-order valence-electron chi connectivity index (χ2n) is 5.94. The summed E-state index contributed by atoms with van der Waals surface area (Å²) in [7, 11) is 0. The number of nitrogens with zero attached hydrogens (tertiary/aromatic N) is 3. The lowest BCUT2D eigenvalue weighted by Crippen LogP contribution is -2.34. The first-order valence-corrected chi connectivity index (χ1v) is 8.70. The third-order valence-electron chi connectivity index (χ3n) is 4.02. The molecule has 140 valence electrons. The average molecular weight is 367 g/mol. The van der Waals surface area contributed by atoms with Crippen LogP contribution in [-0.4, -0.2) is 39.7 Å². The molecule has 0 bridgehead atoms. The first kappa shape index (κ1) is 18.4. The summed E-state index contributed by atoms with van der Waals surface area (Å²) >= 11 is 0. The van der Waals surface area contributed by atoms with E-state index in [1.807, 2.05) is 37.3 Å². The number of aromatic nitrogens is 2. The first-order valence-electron chi connectivity index (χ1n) is 8.70. The quantitative estimate of drug-likeness (QED) is 0.572. The standard InChI is InChI=1S/C20H21N3O4/c1-2-22(13-16-7-4-3-5-8-16)19(24)15-26-20(25)18-10-9-17(27-18)14-23-12-6-11-21-23/h3-12H,2,13-15H2,1H3. The lowest BCUT2D eigenvalue weighted by molar-refractivity contribution is -0.135. The zero-order chi connectivity index (χ0) is 19.1. The molecule has 7 nitrogen and oxygen atoms in total. The van der Waals surface area contributed by atoms with Crippen LogP contribution in [0.3, 0.4) is 0 Å². The Hall–Kier alpha value is -3.35. The predicted octanol–water partition coefficient (Wildman–Crippen LogP) is 2.73. The summed E-state index contributed by atoms with van der Waals surface area (Å²) in [5.41, 5.74) is 1.02. The van der Waals surface area contributed by atoms with Crippen molar-refractivity contribution in [3.05, 3.63) is 78.0 Å². The molecule has 27 heavy (non-hydrogen) atoms. The maximum absolute atomic E-state index is 12.3. The van der Waals surface area contributed by atoms with E-state index in [0.29, 0.717) is 25.4 Å². The van der Waals surface area contributed by atoms with Crippen LogP contribution in [0.5, 0.6) is 0 Å². The predicted molar refractivity (Wildman–Crippen MR) is 97.9 cm³/mol. The van der Waals surface area contributed by atoms with Gasteiger partial charge in [0.05, 0.1) is 6.54 Å². The van der Waals surface area contributed by atoms with E-state index in [2.05, 4.69) is 5.10 Å². The van der Waals surface area contributed by atoms with Gasteiger partial charge in [-0.1, -0.05) is 30.3 Å². The van der Waals surface area contributed by atoms with Gasteiger partial charge in [-0.05, 0) is 30.7 Å². The normalized spacial score (nSPS) is 10.6. The summed E-state index contributed by atoms with van der Waals surface area (Å²) in [6.45, 7) is 2.98. The molecule has 0 radical (unpaired) electrons. The molecule has 1 amide bonds. The molecule has 0 saturated heterocycles. The number of hydrogen-bond donors (Lipinski definition) is 0. The van der Waals surface area contributed by atoms with Gasteiger partial charge >= 0.3 is 5.97 Å². The lowest BCUT2D eigenvalue weighted by Gasteiger charge is -2.20. The fraction of sp³-hybridized carbons (Fsp3) is 0.250. The highest BCUT2D eigenvalue weighted by Gasteiger charge is 2.18. The molecule has 1 aromatic carbocycles. The van der Waals surface area contributed by atoms with Crippen molar-refractivity contribution < 1.29 is 18.7 Å². The second kappa shape index (κ2) is 8.84. The van der Waals surface area contributed by atoms with E-state index < -0.39 is 5.97 Å². The van der Waals surface area contributed by atoms with Crippen LogP contribution in [0.15, 0.2) is 65.3 Å². The highest BCUT2D eigenvalue weighted by Crippen LogP contribution is 2.11. The maximum Gasteiger partial charge on any atom is 0.374 e. The van der Waals surface area contributed by atoms with Crippen LogP contribution in [0.25, 0.3) is 0 Å². The van der Waals surface area contributed by atoms with Gasteiger partial charge in [0.25, 0.3) is 5.91 Å². The molecular weight excluding hydrogens is 346 g/mol. The van der Waals surface area contributed by atoms with Crippen molar-refractivity contribution in [3.8, 4) is 0 Å². The van der Waals surface area contributed by atoms with Crippen LogP contribution < -0.4 is 0 Å². The maximum atomic E-state index is 12.3. The van der Waals surface area contributed by atoms with Crippen LogP contribution in [-0.2, 0) is 22.6 Å². The van der Waals surface area contributed by atoms with Crippen LogP contribution in [0.2, 0.25) is 0 Å². The van der Waals surface area contributed by atoms with E-state index >= 15 is 0 Å². The monoisotopic (exact) mass is 367 g/mol. The molecule has 7 heteroatoms. The van der Waals surface area contributed by atoms with Crippen LogP contribution in [0.4, 0.5) is 0 Å². The minimum absolute atomic E-state index is 0.0658. The summed E-state index contributed by atoms with van der Waals surface area (Å²) in [6.07, 6.45) is 3.46. The Morgan fingerprint density at radius 2 is 1.96 bits per heavy atom. The van der Waals surface area contributed by atoms with Gasteiger partial charge in [-0.3, -0.25) is 9.48 Å². The summed E-state index contributed by atoms with van der Waals surface area (Å²) in [5.74, 6) is -0.267. The van der Waals surface area contributed by atoms with E-state index in [-0.39, 0.29) is 18.3 Å². The van der Waals surface area contributed by atoms with Gasteiger partial charge in [0.2, 0.25) is 5.76 Å². The molecular formula is C20H21N3O4. The number of benzene rings is 1. The smallest absolute Gasteiger partial charge is 0.374 e. The van der Waals surface area contributed by atoms with E-state index in [0.717, 1.165) is 5.56 Å². The molecule has 0 spiro atoms. The lowest BCUT2D eigenvalue weighted by atomic mass is 10.2. The van der Waals surface area contributed by atoms with Crippen molar-refractivity contribution >= 4 is 11.9 Å². The van der Waals surface area contributed by atoms with Crippen LogP contribution in [0, 0.1) is 0 Å². The Labute approximate surface area is 157 Å². The molecule has 0 unspecified atom stereocenters. The Kier molecular flexibility index (Phi) is 6.04. The Morgan fingerprint density at radius 3 is 2.67 bits per heavy atom. The topological polar surface area (TPSA) is 77.6 Å². The molecule has 0 aliphatic heterocycles. The Balaban J connectivity index is 1.51. The number of carbonyl (C=O) groups is 2.